The number of alkyl halides is 3. The highest BCUT2D eigenvalue weighted by Gasteiger charge is 2.38. The lowest BCUT2D eigenvalue weighted by Gasteiger charge is -2.19. The maximum Gasteiger partial charge on any atom is 0.490 e. The fourth-order valence-corrected chi connectivity index (χ4v) is 5.26. The van der Waals surface area contributed by atoms with Crippen LogP contribution >= 0.6 is 0 Å². The van der Waals surface area contributed by atoms with Gasteiger partial charge in [-0.1, -0.05) is 87.9 Å². The number of benzene rings is 3. The second-order valence-corrected chi connectivity index (χ2v) is 12.2. The third kappa shape index (κ3) is 12.3. The third-order valence-corrected chi connectivity index (χ3v) is 7.71. The molecule has 4 amide bonds. The van der Waals surface area contributed by atoms with Crippen molar-refractivity contribution < 1.29 is 51.7 Å². The van der Waals surface area contributed by atoms with Crippen LogP contribution in [0.4, 0.5) is 28.4 Å². The smallest absolute Gasteiger partial charge is 0.475 e. The minimum absolute atomic E-state index is 0.0502. The second kappa shape index (κ2) is 19.1. The van der Waals surface area contributed by atoms with Crippen LogP contribution in [0.3, 0.4) is 0 Å². The fourth-order valence-electron chi connectivity index (χ4n) is 5.26. The Balaban J connectivity index is 0.000000944. The second-order valence-electron chi connectivity index (χ2n) is 12.2. The lowest BCUT2D eigenvalue weighted by Crippen LogP contribution is -2.52. The van der Waals surface area contributed by atoms with Crippen LogP contribution in [0.5, 0.6) is 0 Å². The van der Waals surface area contributed by atoms with Gasteiger partial charge in [0, 0.05) is 11.6 Å². The number of ether oxygens (including phenoxy) is 2. The number of hydrazine groups is 1. The van der Waals surface area contributed by atoms with Crippen LogP contribution in [-0.4, -0.2) is 59.9 Å². The van der Waals surface area contributed by atoms with Crippen LogP contribution in [-0.2, 0) is 30.5 Å². The van der Waals surface area contributed by atoms with E-state index in [0.29, 0.717) is 36.4 Å². The summed E-state index contributed by atoms with van der Waals surface area (Å²) in [6.45, 7) is 5.91. The molecule has 280 valence electrons. The molecule has 3 aromatic rings. The first-order valence-electron chi connectivity index (χ1n) is 16.4. The number of rotatable bonds is 12. The molecule has 0 unspecified atom stereocenters. The van der Waals surface area contributed by atoms with E-state index in [4.69, 9.17) is 25.1 Å². The highest BCUT2D eigenvalue weighted by Crippen LogP contribution is 2.44. The lowest BCUT2D eigenvalue weighted by molar-refractivity contribution is -0.192. The first kappa shape index (κ1) is 40.8. The zero-order valence-corrected chi connectivity index (χ0v) is 28.8. The van der Waals surface area contributed by atoms with Crippen molar-refractivity contribution in [1.29, 1.82) is 0 Å². The number of fused-ring (bicyclic) bond motifs is 3. The molecule has 0 spiro atoms. The molecule has 0 bridgehead atoms. The zero-order valence-electron chi connectivity index (χ0n) is 28.8. The van der Waals surface area contributed by atoms with Gasteiger partial charge in [0.05, 0.1) is 6.04 Å². The van der Waals surface area contributed by atoms with Gasteiger partial charge in [-0.05, 0) is 58.7 Å². The summed E-state index contributed by atoms with van der Waals surface area (Å²) in [5.74, 6) is -3.45. The van der Waals surface area contributed by atoms with Crippen LogP contribution in [0, 0.1) is 5.92 Å². The quantitative estimate of drug-likeness (QED) is 0.129. The van der Waals surface area contributed by atoms with Gasteiger partial charge in [-0.25, -0.2) is 19.8 Å². The van der Waals surface area contributed by atoms with Crippen molar-refractivity contribution in [2.75, 3.05) is 11.9 Å². The van der Waals surface area contributed by atoms with Gasteiger partial charge in [0.2, 0.25) is 5.91 Å². The Bertz CT molecular complexity index is 1660. The summed E-state index contributed by atoms with van der Waals surface area (Å²) in [6.07, 6.45) is -5.20. The summed E-state index contributed by atoms with van der Waals surface area (Å²) >= 11 is 0. The maximum absolute atomic E-state index is 12.8. The number of aliphatic carboxylic acids is 1. The fraction of sp³-hybridized carbons (Fsp3) is 0.361. The molecule has 1 aliphatic carbocycles. The molecule has 0 saturated carbocycles. The average Bonchev–Trinajstić information content (AvgIpc) is 3.42. The summed E-state index contributed by atoms with van der Waals surface area (Å²) in [5.41, 5.74) is 16.2. The van der Waals surface area contributed by atoms with E-state index in [1.165, 1.54) is 0 Å². The van der Waals surface area contributed by atoms with Crippen molar-refractivity contribution in [1.82, 2.24) is 16.2 Å². The molecule has 0 fully saturated rings. The van der Waals surface area contributed by atoms with E-state index < -0.39 is 42.3 Å². The number of carboxylic acid groups (broad SMARTS) is 1. The Morgan fingerprint density at radius 3 is 1.90 bits per heavy atom. The Labute approximate surface area is 298 Å². The van der Waals surface area contributed by atoms with Crippen molar-refractivity contribution in [3.8, 4) is 11.1 Å². The summed E-state index contributed by atoms with van der Waals surface area (Å²) in [5, 5.41) is 12.4. The number of halogens is 3. The molecule has 7 N–H and O–H groups in total. The molecule has 4 rings (SSSR count). The summed E-state index contributed by atoms with van der Waals surface area (Å²) < 4.78 is 42.5. The van der Waals surface area contributed by atoms with E-state index in [2.05, 4.69) is 21.5 Å². The summed E-state index contributed by atoms with van der Waals surface area (Å²) in [7, 11) is 0. The highest BCUT2D eigenvalue weighted by atomic mass is 19.4. The molecule has 13 nitrogen and oxygen atoms in total. The molecule has 2 atom stereocenters. The van der Waals surface area contributed by atoms with Crippen molar-refractivity contribution >= 4 is 35.7 Å². The topological polar surface area (TPSA) is 198 Å². The Kier molecular flexibility index (Phi) is 15.0. The number of hydrogen-bond donors (Lipinski definition) is 6. The molecular weight excluding hydrogens is 687 g/mol. The van der Waals surface area contributed by atoms with E-state index in [1.54, 1.807) is 24.3 Å². The molecule has 16 heteroatoms. The van der Waals surface area contributed by atoms with Crippen molar-refractivity contribution in [3.05, 3.63) is 89.5 Å². The monoisotopic (exact) mass is 729 g/mol. The van der Waals surface area contributed by atoms with Crippen molar-refractivity contribution in [3.63, 3.8) is 0 Å². The number of hydrogen-bond acceptors (Lipinski definition) is 8. The van der Waals surface area contributed by atoms with Gasteiger partial charge in [-0.15, -0.1) is 0 Å². The maximum atomic E-state index is 12.8. The van der Waals surface area contributed by atoms with E-state index >= 15 is 0 Å². The number of nitrogens with one attached hydrogen (secondary N) is 4. The predicted molar refractivity (Wildman–Crippen MR) is 185 cm³/mol. The normalized spacial score (nSPS) is 12.9. The van der Waals surface area contributed by atoms with Crippen LogP contribution < -0.4 is 27.2 Å². The number of alkyl carbamates (subject to hydrolysis) is 1. The standard InChI is InChI=1S/C34H41N5O6.C2HF3O2/c1-4-9-30(37-33(42)44-19-22-14-16-23(17-15-22)36-31(40)29(35)18-21(2)3)32(41)38-39-34(43)45-20-28-26-12-7-5-10-24(26)25-11-6-8-13-27(25)28;3-2(4,5)1(6)7/h5-8,10-17,21,28-30H,4,9,18-20,35H2,1-3H3,(H,36,40)(H,37,42)(H,38,41)(H,39,43);(H,6,7)/t29-,30+;/m0./s1. The summed E-state index contributed by atoms with van der Waals surface area (Å²) in [4.78, 5) is 58.8. The van der Waals surface area contributed by atoms with Gasteiger partial charge in [-0.3, -0.25) is 15.0 Å². The molecule has 1 aliphatic rings. The number of carbonyl (C=O) groups is 5. The number of anilines is 1. The Hall–Kier alpha value is -5.64. The third-order valence-electron chi connectivity index (χ3n) is 7.71. The van der Waals surface area contributed by atoms with Crippen LogP contribution in [0.25, 0.3) is 11.1 Å². The largest absolute Gasteiger partial charge is 0.490 e. The Morgan fingerprint density at radius 2 is 1.38 bits per heavy atom. The van der Waals surface area contributed by atoms with Gasteiger partial charge in [0.15, 0.2) is 0 Å². The van der Waals surface area contributed by atoms with Gasteiger partial charge < -0.3 is 30.9 Å². The molecule has 0 aromatic heterocycles. The number of nitrogens with two attached hydrogens (primary N) is 1. The lowest BCUT2D eigenvalue weighted by atomic mass is 9.98. The molecule has 0 aliphatic heterocycles. The predicted octanol–water partition coefficient (Wildman–Crippen LogP) is 5.60. The van der Waals surface area contributed by atoms with Crippen molar-refractivity contribution in [2.45, 2.75) is 70.8 Å². The van der Waals surface area contributed by atoms with E-state index in [0.717, 1.165) is 22.3 Å². The van der Waals surface area contributed by atoms with E-state index in [-0.39, 0.29) is 25.0 Å². The van der Waals surface area contributed by atoms with Crippen LogP contribution in [0.15, 0.2) is 72.8 Å². The first-order chi connectivity index (χ1) is 24.6. The van der Waals surface area contributed by atoms with E-state index in [9.17, 15) is 32.3 Å². The van der Waals surface area contributed by atoms with Crippen LogP contribution in [0.2, 0.25) is 0 Å². The molecule has 52 heavy (non-hydrogen) atoms. The first-order valence-corrected chi connectivity index (χ1v) is 16.4. The number of carbonyl (C=O) groups excluding carboxylic acids is 4. The number of carboxylic acids is 1. The molecule has 0 heterocycles. The SMILES string of the molecule is CCC[C@@H](NC(=O)OCc1ccc(NC(=O)[C@@H](N)CC(C)C)cc1)C(=O)NNC(=O)OCC1c2ccccc2-c2ccccc21.O=C(O)C(F)(F)F. The minimum Gasteiger partial charge on any atom is -0.475 e. The molecule has 0 radical (unpaired) electrons. The highest BCUT2D eigenvalue weighted by molar-refractivity contribution is 5.94. The van der Waals surface area contributed by atoms with Crippen molar-refractivity contribution in [2.24, 2.45) is 11.7 Å². The zero-order chi connectivity index (χ0) is 38.4. The molecular formula is C36H42F3N5O8. The molecule has 3 aromatic carbocycles. The number of amides is 4. The van der Waals surface area contributed by atoms with Gasteiger partial charge >= 0.3 is 24.3 Å². The van der Waals surface area contributed by atoms with E-state index in [1.807, 2.05) is 69.3 Å². The minimum atomic E-state index is -5.08. The van der Waals surface area contributed by atoms with Gasteiger partial charge in [-0.2, -0.15) is 13.2 Å². The van der Waals surface area contributed by atoms with Gasteiger partial charge in [0.25, 0.3) is 5.91 Å². The van der Waals surface area contributed by atoms with Gasteiger partial charge in [0.1, 0.15) is 19.3 Å². The summed E-state index contributed by atoms with van der Waals surface area (Å²) in [6, 6.07) is 21.3. The molecule has 0 saturated heterocycles. The average molecular weight is 730 g/mol. The Morgan fingerprint density at radius 1 is 0.827 bits per heavy atom. The van der Waals surface area contributed by atoms with Crippen LogP contribution in [0.1, 0.15) is 62.6 Å².